The zero-order chi connectivity index (χ0) is 17.8. The highest BCUT2D eigenvalue weighted by Gasteiger charge is 2.56. The van der Waals surface area contributed by atoms with Crippen LogP contribution in [0.5, 0.6) is 5.75 Å². The second-order valence-corrected chi connectivity index (χ2v) is 8.87. The Bertz CT molecular complexity index is 941. The highest BCUT2D eigenvalue weighted by Crippen LogP contribution is 2.49. The summed E-state index contributed by atoms with van der Waals surface area (Å²) >= 11 is 0. The molecule has 1 saturated heterocycles. The number of piperidine rings is 1. The van der Waals surface area contributed by atoms with Gasteiger partial charge in [-0.2, -0.15) is 0 Å². The van der Waals surface area contributed by atoms with Gasteiger partial charge in [-0.25, -0.2) is 8.42 Å². The molecule has 2 heterocycles. The van der Waals surface area contributed by atoms with Gasteiger partial charge in [0, 0.05) is 19.4 Å². The Morgan fingerprint density at radius 1 is 1.08 bits per heavy atom. The molecule has 3 atom stereocenters. The van der Waals surface area contributed by atoms with Gasteiger partial charge in [0.05, 0.1) is 4.90 Å². The number of amides is 1. The molecule has 2 aromatic carbocycles. The molecule has 6 heteroatoms. The van der Waals surface area contributed by atoms with E-state index < -0.39 is 32.6 Å². The van der Waals surface area contributed by atoms with Crippen molar-refractivity contribution in [2.24, 2.45) is 0 Å². The number of likely N-dealkylation sites (tertiary alicyclic amines) is 1. The first-order valence-electron chi connectivity index (χ1n) is 8.19. The van der Waals surface area contributed by atoms with Crippen molar-refractivity contribution in [2.75, 3.05) is 7.05 Å². The van der Waals surface area contributed by atoms with Gasteiger partial charge in [0.15, 0.2) is 20.8 Å². The molecule has 0 aliphatic carbocycles. The molecule has 0 unspecified atom stereocenters. The van der Waals surface area contributed by atoms with E-state index in [1.54, 1.807) is 37.4 Å². The first kappa shape index (κ1) is 16.1. The highest BCUT2D eigenvalue weighted by molar-refractivity contribution is 7.92. The SMILES string of the molecule is CN1C(=O)[C@@H](S(=O)(=O)c2ccccc2)[C@@H]2C[C@@]1(C)Oc1ccccc12. The molecule has 0 radical (unpaired) electrons. The second kappa shape index (κ2) is 5.33. The van der Waals surface area contributed by atoms with E-state index in [-0.39, 0.29) is 4.90 Å². The van der Waals surface area contributed by atoms with Gasteiger partial charge in [-0.3, -0.25) is 4.79 Å². The van der Waals surface area contributed by atoms with Crippen LogP contribution in [-0.4, -0.2) is 37.2 Å². The van der Waals surface area contributed by atoms with E-state index >= 15 is 0 Å². The fourth-order valence-electron chi connectivity index (χ4n) is 3.85. The summed E-state index contributed by atoms with van der Waals surface area (Å²) in [5, 5.41) is -1.14. The minimum Gasteiger partial charge on any atom is -0.468 e. The Morgan fingerprint density at radius 2 is 1.72 bits per heavy atom. The monoisotopic (exact) mass is 357 g/mol. The summed E-state index contributed by atoms with van der Waals surface area (Å²) in [6, 6.07) is 15.6. The van der Waals surface area contributed by atoms with Gasteiger partial charge in [0.25, 0.3) is 0 Å². The van der Waals surface area contributed by atoms with Crippen LogP contribution < -0.4 is 4.74 Å². The third-order valence-corrected chi connectivity index (χ3v) is 7.43. The molecular weight excluding hydrogens is 338 g/mol. The van der Waals surface area contributed by atoms with Crippen LogP contribution in [0.2, 0.25) is 0 Å². The molecule has 0 spiro atoms. The van der Waals surface area contributed by atoms with Crippen molar-refractivity contribution < 1.29 is 17.9 Å². The summed E-state index contributed by atoms with van der Waals surface area (Å²) in [6.45, 7) is 1.83. The van der Waals surface area contributed by atoms with Crippen LogP contribution in [0.1, 0.15) is 24.8 Å². The quantitative estimate of drug-likeness (QED) is 0.829. The molecule has 130 valence electrons. The summed E-state index contributed by atoms with van der Waals surface area (Å²) in [7, 11) is -2.20. The normalized spacial score (nSPS) is 28.2. The molecule has 0 N–H and O–H groups in total. The van der Waals surface area contributed by atoms with E-state index in [9.17, 15) is 13.2 Å². The Morgan fingerprint density at radius 3 is 2.44 bits per heavy atom. The Kier molecular flexibility index (Phi) is 3.44. The van der Waals surface area contributed by atoms with Crippen molar-refractivity contribution in [1.29, 1.82) is 0 Å². The standard InChI is InChI=1S/C19H19NO4S/c1-19-12-15(14-10-6-7-11-16(14)24-19)17(18(21)20(19)2)25(22,23)13-8-4-3-5-9-13/h3-11,15,17H,12H2,1-2H3/t15-,17+,19-/m1/s1. The van der Waals surface area contributed by atoms with Crippen molar-refractivity contribution in [3.05, 3.63) is 60.2 Å². The smallest absolute Gasteiger partial charge is 0.244 e. The maximum absolute atomic E-state index is 13.3. The van der Waals surface area contributed by atoms with Crippen LogP contribution in [-0.2, 0) is 14.6 Å². The van der Waals surface area contributed by atoms with E-state index in [1.807, 2.05) is 31.2 Å². The summed E-state index contributed by atoms with van der Waals surface area (Å²) in [6.07, 6.45) is 0.447. The molecule has 0 aromatic heterocycles. The van der Waals surface area contributed by atoms with Gasteiger partial charge in [0.2, 0.25) is 5.91 Å². The van der Waals surface area contributed by atoms with E-state index in [1.165, 1.54) is 4.90 Å². The van der Waals surface area contributed by atoms with E-state index in [0.29, 0.717) is 12.2 Å². The maximum atomic E-state index is 13.3. The third kappa shape index (κ3) is 2.28. The predicted molar refractivity (Wildman–Crippen MR) is 93.0 cm³/mol. The van der Waals surface area contributed by atoms with Gasteiger partial charge in [0.1, 0.15) is 5.75 Å². The van der Waals surface area contributed by atoms with Crippen LogP contribution in [0, 0.1) is 0 Å². The van der Waals surface area contributed by atoms with Crippen LogP contribution in [0.4, 0.5) is 0 Å². The fourth-order valence-corrected chi connectivity index (χ4v) is 5.78. The number of para-hydroxylation sites is 1. The molecule has 2 aliphatic rings. The molecule has 1 fully saturated rings. The lowest BCUT2D eigenvalue weighted by Gasteiger charge is -2.51. The Hall–Kier alpha value is -2.34. The average Bonchev–Trinajstić information content (AvgIpc) is 2.60. The van der Waals surface area contributed by atoms with Gasteiger partial charge in [-0.05, 0) is 30.7 Å². The molecule has 25 heavy (non-hydrogen) atoms. The molecular formula is C19H19NO4S. The van der Waals surface area contributed by atoms with Gasteiger partial charge in [-0.15, -0.1) is 0 Å². The van der Waals surface area contributed by atoms with E-state index in [2.05, 4.69) is 0 Å². The number of carbonyl (C=O) groups is 1. The molecule has 2 bridgehead atoms. The van der Waals surface area contributed by atoms with Crippen molar-refractivity contribution in [3.8, 4) is 5.75 Å². The summed E-state index contributed by atoms with van der Waals surface area (Å²) in [5.74, 6) is -0.199. The summed E-state index contributed by atoms with van der Waals surface area (Å²) in [5.41, 5.74) is -0.0512. The van der Waals surface area contributed by atoms with Gasteiger partial charge >= 0.3 is 0 Å². The van der Waals surface area contributed by atoms with Crippen LogP contribution in [0.25, 0.3) is 0 Å². The minimum atomic E-state index is -3.81. The van der Waals surface area contributed by atoms with Crippen LogP contribution in [0.15, 0.2) is 59.5 Å². The topological polar surface area (TPSA) is 63.7 Å². The number of sulfone groups is 1. The lowest BCUT2D eigenvalue weighted by molar-refractivity contribution is -0.159. The first-order valence-corrected chi connectivity index (χ1v) is 9.74. The second-order valence-electron chi connectivity index (χ2n) is 6.80. The van der Waals surface area contributed by atoms with Crippen molar-refractivity contribution in [3.63, 3.8) is 0 Å². The Balaban J connectivity index is 1.91. The minimum absolute atomic E-state index is 0.175. The molecule has 4 rings (SSSR count). The third-order valence-electron chi connectivity index (χ3n) is 5.30. The number of nitrogens with zero attached hydrogens (tertiary/aromatic N) is 1. The van der Waals surface area contributed by atoms with Crippen molar-refractivity contribution >= 4 is 15.7 Å². The number of hydrogen-bond acceptors (Lipinski definition) is 4. The number of ether oxygens (including phenoxy) is 1. The van der Waals surface area contributed by atoms with Crippen molar-refractivity contribution in [1.82, 2.24) is 4.90 Å². The maximum Gasteiger partial charge on any atom is 0.244 e. The Labute approximate surface area is 147 Å². The summed E-state index contributed by atoms with van der Waals surface area (Å²) in [4.78, 5) is 14.7. The number of fused-ring (bicyclic) bond motifs is 4. The van der Waals surface area contributed by atoms with Gasteiger partial charge in [-0.1, -0.05) is 36.4 Å². The number of hydrogen-bond donors (Lipinski definition) is 0. The fraction of sp³-hybridized carbons (Fsp3) is 0.316. The predicted octanol–water partition coefficient (Wildman–Crippen LogP) is 2.58. The van der Waals surface area contributed by atoms with E-state index in [4.69, 9.17) is 4.74 Å². The first-order chi connectivity index (χ1) is 11.8. The lowest BCUT2D eigenvalue weighted by Crippen LogP contribution is -2.64. The number of benzene rings is 2. The highest BCUT2D eigenvalue weighted by atomic mass is 32.2. The largest absolute Gasteiger partial charge is 0.468 e. The molecule has 5 nitrogen and oxygen atoms in total. The van der Waals surface area contributed by atoms with Crippen LogP contribution in [0.3, 0.4) is 0 Å². The molecule has 2 aliphatic heterocycles. The average molecular weight is 357 g/mol. The van der Waals surface area contributed by atoms with Crippen molar-refractivity contribution in [2.45, 2.75) is 35.1 Å². The zero-order valence-electron chi connectivity index (χ0n) is 14.0. The summed E-state index contributed by atoms with van der Waals surface area (Å²) < 4.78 is 32.6. The number of carbonyl (C=O) groups excluding carboxylic acids is 1. The molecule has 0 saturated carbocycles. The molecule has 2 aromatic rings. The van der Waals surface area contributed by atoms with Gasteiger partial charge < -0.3 is 9.64 Å². The molecule has 1 amide bonds. The van der Waals surface area contributed by atoms with Crippen LogP contribution >= 0.6 is 0 Å². The van der Waals surface area contributed by atoms with E-state index in [0.717, 1.165) is 5.56 Å². The lowest BCUT2D eigenvalue weighted by atomic mass is 9.80. The number of rotatable bonds is 2. The zero-order valence-corrected chi connectivity index (χ0v) is 14.9.